The zero-order valence-electron chi connectivity index (χ0n) is 9.80. The fourth-order valence-corrected chi connectivity index (χ4v) is 1.78. The van der Waals surface area contributed by atoms with Gasteiger partial charge in [-0.3, -0.25) is 15.1 Å². The molecular formula is C12H14N4O2. The lowest BCUT2D eigenvalue weighted by molar-refractivity contribution is -0.383. The third-order valence-corrected chi connectivity index (χ3v) is 2.64. The number of nitrogens with one attached hydrogen (secondary N) is 1. The van der Waals surface area contributed by atoms with E-state index in [1.165, 1.54) is 6.07 Å². The van der Waals surface area contributed by atoms with Gasteiger partial charge in [-0.05, 0) is 31.2 Å². The van der Waals surface area contributed by atoms with Crippen molar-refractivity contribution in [2.24, 2.45) is 5.73 Å². The maximum Gasteiger partial charge on any atom is 0.278 e. The van der Waals surface area contributed by atoms with Gasteiger partial charge >= 0.3 is 0 Å². The van der Waals surface area contributed by atoms with Gasteiger partial charge in [-0.1, -0.05) is 0 Å². The second kappa shape index (κ2) is 5.42. The molecule has 0 saturated heterocycles. The fraction of sp³-hybridized carbons (Fsp3) is 0.250. The molecule has 1 aromatic heterocycles. The van der Waals surface area contributed by atoms with Crippen LogP contribution in [0.3, 0.4) is 0 Å². The number of nitrogens with two attached hydrogens (primary N) is 1. The van der Waals surface area contributed by atoms with E-state index in [1.54, 1.807) is 24.4 Å². The van der Waals surface area contributed by atoms with E-state index in [0.29, 0.717) is 17.4 Å². The third-order valence-electron chi connectivity index (χ3n) is 2.64. The van der Waals surface area contributed by atoms with Crippen molar-refractivity contribution in [2.45, 2.75) is 6.42 Å². The van der Waals surface area contributed by atoms with Crippen molar-refractivity contribution >= 4 is 22.3 Å². The zero-order chi connectivity index (χ0) is 13.0. The van der Waals surface area contributed by atoms with Crippen LogP contribution in [0.5, 0.6) is 0 Å². The molecule has 2 aromatic rings. The Morgan fingerprint density at radius 1 is 1.39 bits per heavy atom. The van der Waals surface area contributed by atoms with Crippen LogP contribution < -0.4 is 11.1 Å². The van der Waals surface area contributed by atoms with Gasteiger partial charge in [0.2, 0.25) is 0 Å². The van der Waals surface area contributed by atoms with Gasteiger partial charge in [-0.2, -0.15) is 0 Å². The van der Waals surface area contributed by atoms with Gasteiger partial charge in [0.05, 0.1) is 16.0 Å². The highest BCUT2D eigenvalue weighted by atomic mass is 16.6. The summed E-state index contributed by atoms with van der Waals surface area (Å²) in [5.74, 6) is 0. The van der Waals surface area contributed by atoms with Gasteiger partial charge in [0, 0.05) is 18.8 Å². The molecule has 0 amide bonds. The Balaban J connectivity index is 2.44. The van der Waals surface area contributed by atoms with Gasteiger partial charge in [-0.25, -0.2) is 0 Å². The number of anilines is 1. The minimum absolute atomic E-state index is 0.0717. The Labute approximate surface area is 104 Å². The van der Waals surface area contributed by atoms with E-state index in [0.717, 1.165) is 18.7 Å². The second-order valence-corrected chi connectivity index (χ2v) is 3.86. The number of non-ortho nitro benzene ring substituents is 1. The molecule has 0 unspecified atom stereocenters. The minimum atomic E-state index is -0.395. The number of benzene rings is 1. The number of hydrogen-bond acceptors (Lipinski definition) is 5. The lowest BCUT2D eigenvalue weighted by Crippen LogP contribution is -2.09. The zero-order valence-corrected chi connectivity index (χ0v) is 9.80. The lowest BCUT2D eigenvalue weighted by Gasteiger charge is -2.08. The van der Waals surface area contributed by atoms with E-state index in [9.17, 15) is 10.1 Å². The Kier molecular flexibility index (Phi) is 3.69. The van der Waals surface area contributed by atoms with E-state index in [2.05, 4.69) is 10.3 Å². The van der Waals surface area contributed by atoms with Crippen LogP contribution in [0.1, 0.15) is 6.42 Å². The minimum Gasteiger partial charge on any atom is -0.383 e. The van der Waals surface area contributed by atoms with Crippen LogP contribution in [0.2, 0.25) is 0 Å². The first kappa shape index (κ1) is 12.3. The molecule has 0 spiro atoms. The number of nitrogens with zero attached hydrogens (tertiary/aromatic N) is 2. The standard InChI is InChI=1S/C12H14N4O2/c13-6-2-8-14-10-4-5-11(16(17)18)9-3-1-7-15-12(9)10/h1,3-5,7,14H,2,6,8,13H2. The van der Waals surface area contributed by atoms with Crippen LogP contribution in [-0.2, 0) is 0 Å². The molecule has 0 aliphatic rings. The van der Waals surface area contributed by atoms with E-state index in [-0.39, 0.29) is 5.69 Å². The lowest BCUT2D eigenvalue weighted by atomic mass is 10.1. The molecule has 0 fully saturated rings. The van der Waals surface area contributed by atoms with E-state index in [1.807, 2.05) is 0 Å². The van der Waals surface area contributed by atoms with E-state index >= 15 is 0 Å². The van der Waals surface area contributed by atoms with E-state index in [4.69, 9.17) is 5.73 Å². The number of hydrogen-bond donors (Lipinski definition) is 2. The molecule has 1 aromatic carbocycles. The number of nitro groups is 1. The molecule has 1 heterocycles. The number of fused-ring (bicyclic) bond motifs is 1. The third kappa shape index (κ3) is 2.38. The Hall–Kier alpha value is -2.21. The molecule has 0 radical (unpaired) electrons. The topological polar surface area (TPSA) is 94.1 Å². The molecule has 18 heavy (non-hydrogen) atoms. The average molecular weight is 246 g/mol. The molecule has 0 aliphatic heterocycles. The summed E-state index contributed by atoms with van der Waals surface area (Å²) in [4.78, 5) is 14.7. The Morgan fingerprint density at radius 3 is 2.94 bits per heavy atom. The van der Waals surface area contributed by atoms with Crippen molar-refractivity contribution in [3.8, 4) is 0 Å². The predicted octanol–water partition coefficient (Wildman–Crippen LogP) is 1.90. The summed E-state index contributed by atoms with van der Waals surface area (Å²) in [6, 6.07) is 6.58. The molecule has 6 nitrogen and oxygen atoms in total. The largest absolute Gasteiger partial charge is 0.383 e. The van der Waals surface area contributed by atoms with Gasteiger partial charge in [0.1, 0.15) is 5.52 Å². The van der Waals surface area contributed by atoms with Crippen LogP contribution in [-0.4, -0.2) is 23.0 Å². The molecule has 0 aliphatic carbocycles. The maximum absolute atomic E-state index is 10.9. The normalized spacial score (nSPS) is 10.5. The summed E-state index contributed by atoms with van der Waals surface area (Å²) in [5.41, 5.74) is 6.91. The highest BCUT2D eigenvalue weighted by Gasteiger charge is 2.14. The van der Waals surface area contributed by atoms with Crippen molar-refractivity contribution < 1.29 is 4.92 Å². The van der Waals surface area contributed by atoms with Crippen molar-refractivity contribution in [3.05, 3.63) is 40.6 Å². The van der Waals surface area contributed by atoms with Gasteiger partial charge in [0.15, 0.2) is 0 Å². The number of aromatic nitrogens is 1. The first-order valence-corrected chi connectivity index (χ1v) is 5.70. The smallest absolute Gasteiger partial charge is 0.278 e. The van der Waals surface area contributed by atoms with Crippen molar-refractivity contribution in [2.75, 3.05) is 18.4 Å². The quantitative estimate of drug-likeness (QED) is 0.477. The summed E-state index contributed by atoms with van der Waals surface area (Å²) in [6.07, 6.45) is 2.46. The van der Waals surface area contributed by atoms with Gasteiger partial charge < -0.3 is 11.1 Å². The summed E-state index contributed by atoms with van der Waals surface area (Å²) in [5, 5.41) is 14.7. The summed E-state index contributed by atoms with van der Waals surface area (Å²) in [6.45, 7) is 1.32. The predicted molar refractivity (Wildman–Crippen MR) is 70.6 cm³/mol. The fourth-order valence-electron chi connectivity index (χ4n) is 1.78. The average Bonchev–Trinajstić information content (AvgIpc) is 2.38. The van der Waals surface area contributed by atoms with Crippen molar-refractivity contribution in [1.82, 2.24) is 4.98 Å². The highest BCUT2D eigenvalue weighted by molar-refractivity contribution is 5.96. The second-order valence-electron chi connectivity index (χ2n) is 3.86. The first-order valence-electron chi connectivity index (χ1n) is 5.70. The Morgan fingerprint density at radius 2 is 2.22 bits per heavy atom. The van der Waals surface area contributed by atoms with E-state index < -0.39 is 4.92 Å². The molecule has 0 saturated carbocycles. The summed E-state index contributed by atoms with van der Waals surface area (Å²) in [7, 11) is 0. The maximum atomic E-state index is 10.9. The monoisotopic (exact) mass is 246 g/mol. The van der Waals surface area contributed by atoms with Crippen molar-refractivity contribution in [1.29, 1.82) is 0 Å². The first-order chi connectivity index (χ1) is 8.74. The molecule has 6 heteroatoms. The number of rotatable bonds is 5. The molecule has 2 rings (SSSR count). The summed E-state index contributed by atoms with van der Waals surface area (Å²) < 4.78 is 0. The summed E-state index contributed by atoms with van der Waals surface area (Å²) >= 11 is 0. The van der Waals surface area contributed by atoms with Crippen LogP contribution >= 0.6 is 0 Å². The van der Waals surface area contributed by atoms with Gasteiger partial charge in [-0.15, -0.1) is 0 Å². The van der Waals surface area contributed by atoms with Crippen LogP contribution in [0, 0.1) is 10.1 Å². The van der Waals surface area contributed by atoms with Crippen molar-refractivity contribution in [3.63, 3.8) is 0 Å². The van der Waals surface area contributed by atoms with Crippen LogP contribution in [0.4, 0.5) is 11.4 Å². The van der Waals surface area contributed by atoms with Gasteiger partial charge in [0.25, 0.3) is 5.69 Å². The number of pyridine rings is 1. The molecule has 3 N–H and O–H groups in total. The highest BCUT2D eigenvalue weighted by Crippen LogP contribution is 2.29. The molecule has 0 atom stereocenters. The Bertz CT molecular complexity index is 571. The molecule has 0 bridgehead atoms. The number of nitro benzene ring substituents is 1. The molecule has 94 valence electrons. The molecular weight excluding hydrogens is 232 g/mol. The van der Waals surface area contributed by atoms with Crippen LogP contribution in [0.15, 0.2) is 30.5 Å². The SMILES string of the molecule is NCCCNc1ccc([N+](=O)[O-])c2cccnc12. The van der Waals surface area contributed by atoms with Crippen LogP contribution in [0.25, 0.3) is 10.9 Å².